The zero-order chi connectivity index (χ0) is 30.3. The van der Waals surface area contributed by atoms with Crippen molar-refractivity contribution in [2.75, 3.05) is 10.8 Å². The Labute approximate surface area is 258 Å². The zero-order valence-electron chi connectivity index (χ0n) is 23.9. The molecule has 0 aromatic heterocycles. The van der Waals surface area contributed by atoms with Crippen LogP contribution in [0.1, 0.15) is 56.6 Å². The van der Waals surface area contributed by atoms with E-state index in [1.807, 2.05) is 13.8 Å². The predicted octanol–water partition coefficient (Wildman–Crippen LogP) is 6.75. The molecule has 1 unspecified atom stereocenters. The minimum atomic E-state index is -4.16. The van der Waals surface area contributed by atoms with E-state index >= 15 is 0 Å². The quantitative estimate of drug-likeness (QED) is 0.254. The van der Waals surface area contributed by atoms with Gasteiger partial charge in [0.15, 0.2) is 0 Å². The van der Waals surface area contributed by atoms with Gasteiger partial charge >= 0.3 is 0 Å². The number of nitrogens with zero attached hydrogens (tertiary/aromatic N) is 2. The standard InChI is InChI=1S/C32H37Cl2N3O4S/c1-3-30(32(39)35-27-7-5-4-6-8-27)36(21-24-11-13-25(33)14-12-24)31(38)22-37(28-17-9-23(2)10-18-28)42(40,41)29-19-15-26(34)16-20-29/h9-20,27,30H,3-8,21-22H2,1-2H3,(H,35,39). The highest BCUT2D eigenvalue weighted by molar-refractivity contribution is 7.92. The van der Waals surface area contributed by atoms with Gasteiger partial charge in [0.25, 0.3) is 10.0 Å². The summed E-state index contributed by atoms with van der Waals surface area (Å²) in [5.74, 6) is -0.720. The lowest BCUT2D eigenvalue weighted by Gasteiger charge is -2.34. The Morgan fingerprint density at radius 1 is 0.881 bits per heavy atom. The molecule has 42 heavy (non-hydrogen) atoms. The SMILES string of the molecule is CCC(C(=O)NC1CCCCC1)N(Cc1ccc(Cl)cc1)C(=O)CN(c1ccc(C)cc1)S(=O)(=O)c1ccc(Cl)cc1. The molecule has 3 aromatic rings. The molecular weight excluding hydrogens is 593 g/mol. The second kappa shape index (κ2) is 14.4. The van der Waals surface area contributed by atoms with Crippen molar-refractivity contribution in [2.24, 2.45) is 0 Å². The summed E-state index contributed by atoms with van der Waals surface area (Å²) >= 11 is 12.1. The van der Waals surface area contributed by atoms with Crippen molar-refractivity contribution in [3.63, 3.8) is 0 Å². The number of carbonyl (C=O) groups excluding carboxylic acids is 2. The zero-order valence-corrected chi connectivity index (χ0v) is 26.3. The van der Waals surface area contributed by atoms with Gasteiger partial charge in [-0.05, 0) is 80.3 Å². The Balaban J connectivity index is 1.69. The van der Waals surface area contributed by atoms with Crippen molar-refractivity contribution in [1.29, 1.82) is 0 Å². The summed E-state index contributed by atoms with van der Waals surface area (Å²) in [4.78, 5) is 29.3. The number of hydrogen-bond acceptors (Lipinski definition) is 4. The molecule has 0 radical (unpaired) electrons. The number of halogens is 2. The lowest BCUT2D eigenvalue weighted by Crippen LogP contribution is -2.54. The first kappa shape index (κ1) is 31.9. The highest BCUT2D eigenvalue weighted by Gasteiger charge is 2.34. The Bertz CT molecular complexity index is 1460. The summed E-state index contributed by atoms with van der Waals surface area (Å²) in [6.45, 7) is 3.39. The smallest absolute Gasteiger partial charge is 0.264 e. The molecule has 1 atom stereocenters. The number of nitrogens with one attached hydrogen (secondary N) is 1. The van der Waals surface area contributed by atoms with Gasteiger partial charge in [0, 0.05) is 22.6 Å². The number of hydrogen-bond donors (Lipinski definition) is 1. The molecule has 0 aliphatic heterocycles. The summed E-state index contributed by atoms with van der Waals surface area (Å²) < 4.78 is 29.0. The van der Waals surface area contributed by atoms with Crippen molar-refractivity contribution in [2.45, 2.75) is 75.9 Å². The molecule has 7 nitrogen and oxygen atoms in total. The highest BCUT2D eigenvalue weighted by Crippen LogP contribution is 2.26. The fourth-order valence-electron chi connectivity index (χ4n) is 5.22. The molecule has 10 heteroatoms. The topological polar surface area (TPSA) is 86.8 Å². The van der Waals surface area contributed by atoms with Crippen LogP contribution in [-0.2, 0) is 26.2 Å². The Morgan fingerprint density at radius 2 is 1.45 bits per heavy atom. The minimum absolute atomic E-state index is 0.00612. The van der Waals surface area contributed by atoms with Crippen molar-refractivity contribution in [3.8, 4) is 0 Å². The van der Waals surface area contributed by atoms with E-state index < -0.39 is 28.5 Å². The van der Waals surface area contributed by atoms with Crippen LogP contribution in [0.3, 0.4) is 0 Å². The Hall–Kier alpha value is -3.07. The van der Waals surface area contributed by atoms with E-state index in [1.165, 1.54) is 29.2 Å². The van der Waals surface area contributed by atoms with Crippen LogP contribution in [0.25, 0.3) is 0 Å². The average Bonchev–Trinajstić information content (AvgIpc) is 2.98. The lowest BCUT2D eigenvalue weighted by molar-refractivity contribution is -0.140. The molecule has 1 aliphatic rings. The van der Waals surface area contributed by atoms with Gasteiger partial charge in [-0.15, -0.1) is 0 Å². The Kier molecular flexibility index (Phi) is 10.9. The second-order valence-electron chi connectivity index (χ2n) is 10.7. The molecule has 1 fully saturated rings. The third-order valence-corrected chi connectivity index (χ3v) is 9.90. The number of amides is 2. The molecule has 1 N–H and O–H groups in total. The maximum Gasteiger partial charge on any atom is 0.264 e. The second-order valence-corrected chi connectivity index (χ2v) is 13.5. The molecule has 1 aliphatic carbocycles. The van der Waals surface area contributed by atoms with Crippen LogP contribution in [0.15, 0.2) is 77.7 Å². The number of anilines is 1. The van der Waals surface area contributed by atoms with Crippen LogP contribution in [0.4, 0.5) is 5.69 Å². The maximum atomic E-state index is 14.2. The van der Waals surface area contributed by atoms with Crippen LogP contribution >= 0.6 is 23.2 Å². The largest absolute Gasteiger partial charge is 0.352 e. The van der Waals surface area contributed by atoms with Crippen molar-refractivity contribution in [3.05, 3.63) is 94.0 Å². The van der Waals surface area contributed by atoms with E-state index in [4.69, 9.17) is 23.2 Å². The highest BCUT2D eigenvalue weighted by atomic mass is 35.5. The first-order valence-corrected chi connectivity index (χ1v) is 16.5. The molecule has 0 saturated heterocycles. The lowest BCUT2D eigenvalue weighted by atomic mass is 9.95. The fraction of sp³-hybridized carbons (Fsp3) is 0.375. The van der Waals surface area contributed by atoms with Crippen molar-refractivity contribution in [1.82, 2.24) is 10.2 Å². The number of rotatable bonds is 11. The molecular formula is C32H37Cl2N3O4S. The summed E-state index contributed by atoms with van der Waals surface area (Å²) in [5.41, 5.74) is 2.07. The first-order chi connectivity index (χ1) is 20.1. The molecule has 1 saturated carbocycles. The monoisotopic (exact) mass is 629 g/mol. The third kappa shape index (κ3) is 8.06. The van der Waals surface area contributed by atoms with Crippen molar-refractivity contribution >= 4 is 50.7 Å². The first-order valence-electron chi connectivity index (χ1n) is 14.3. The molecule has 0 heterocycles. The molecule has 3 aromatic carbocycles. The normalized spacial score (nSPS) is 14.7. The van der Waals surface area contributed by atoms with E-state index in [0.717, 1.165) is 47.5 Å². The van der Waals surface area contributed by atoms with Crippen LogP contribution < -0.4 is 9.62 Å². The summed E-state index contributed by atoms with van der Waals surface area (Å²) in [7, 11) is -4.16. The number of carbonyl (C=O) groups is 2. The van der Waals surface area contributed by atoms with Gasteiger partial charge in [0.1, 0.15) is 12.6 Å². The van der Waals surface area contributed by atoms with Gasteiger partial charge in [-0.2, -0.15) is 0 Å². The number of benzene rings is 3. The predicted molar refractivity (Wildman–Crippen MR) is 168 cm³/mol. The van der Waals surface area contributed by atoms with Gasteiger partial charge in [0.05, 0.1) is 10.6 Å². The van der Waals surface area contributed by atoms with Gasteiger partial charge < -0.3 is 10.2 Å². The summed E-state index contributed by atoms with van der Waals surface area (Å²) in [5, 5.41) is 4.11. The number of sulfonamides is 1. The summed E-state index contributed by atoms with van der Waals surface area (Å²) in [6, 6.07) is 19.1. The molecule has 224 valence electrons. The van der Waals surface area contributed by atoms with Gasteiger partial charge in [-0.25, -0.2) is 8.42 Å². The van der Waals surface area contributed by atoms with Gasteiger partial charge in [-0.1, -0.05) is 79.2 Å². The minimum Gasteiger partial charge on any atom is -0.352 e. The van der Waals surface area contributed by atoms with Crippen LogP contribution in [0, 0.1) is 6.92 Å². The van der Waals surface area contributed by atoms with Gasteiger partial charge in [0.2, 0.25) is 11.8 Å². The van der Waals surface area contributed by atoms with Crippen LogP contribution in [0.5, 0.6) is 0 Å². The van der Waals surface area contributed by atoms with E-state index in [1.54, 1.807) is 48.5 Å². The van der Waals surface area contributed by atoms with E-state index in [9.17, 15) is 18.0 Å². The summed E-state index contributed by atoms with van der Waals surface area (Å²) in [6.07, 6.45) is 5.46. The van der Waals surface area contributed by atoms with E-state index in [-0.39, 0.29) is 23.4 Å². The van der Waals surface area contributed by atoms with Gasteiger partial charge in [-0.3, -0.25) is 13.9 Å². The third-order valence-electron chi connectivity index (χ3n) is 7.61. The molecule has 4 rings (SSSR count). The Morgan fingerprint density at radius 3 is 2.02 bits per heavy atom. The average molecular weight is 631 g/mol. The van der Waals surface area contributed by atoms with Crippen LogP contribution in [-0.4, -0.2) is 43.8 Å². The van der Waals surface area contributed by atoms with E-state index in [2.05, 4.69) is 5.32 Å². The fourth-order valence-corrected chi connectivity index (χ4v) is 6.89. The molecule has 0 bridgehead atoms. The van der Waals surface area contributed by atoms with Crippen LogP contribution in [0.2, 0.25) is 10.0 Å². The van der Waals surface area contributed by atoms with E-state index in [0.29, 0.717) is 22.2 Å². The number of aryl methyl sites for hydroxylation is 1. The molecule has 2 amide bonds. The molecule has 0 spiro atoms. The van der Waals surface area contributed by atoms with Crippen molar-refractivity contribution < 1.29 is 18.0 Å². The maximum absolute atomic E-state index is 14.2.